The second kappa shape index (κ2) is 7.01. The first-order chi connectivity index (χ1) is 10.5. The number of nitrogens with zero attached hydrogens (tertiary/aromatic N) is 3. The van der Waals surface area contributed by atoms with Gasteiger partial charge in [-0.15, -0.1) is 0 Å². The van der Waals surface area contributed by atoms with Crippen LogP contribution in [0.1, 0.15) is 30.5 Å². The molecule has 0 aliphatic carbocycles. The maximum atomic E-state index is 12.3. The summed E-state index contributed by atoms with van der Waals surface area (Å²) in [7, 11) is 0. The topological polar surface area (TPSA) is 38.1 Å². The zero-order valence-corrected chi connectivity index (χ0v) is 14.7. The van der Waals surface area contributed by atoms with Crippen molar-refractivity contribution in [2.45, 2.75) is 44.5 Å². The summed E-state index contributed by atoms with van der Waals surface area (Å²) >= 11 is 1.61. The predicted molar refractivity (Wildman–Crippen MR) is 90.7 cm³/mol. The van der Waals surface area contributed by atoms with E-state index in [0.29, 0.717) is 13.1 Å². The van der Waals surface area contributed by atoms with Crippen LogP contribution in [0.5, 0.6) is 0 Å². The molecule has 1 heterocycles. The van der Waals surface area contributed by atoms with Gasteiger partial charge in [-0.2, -0.15) is 9.78 Å². The monoisotopic (exact) mass is 317 g/mol. The summed E-state index contributed by atoms with van der Waals surface area (Å²) < 4.78 is 1.42. The zero-order chi connectivity index (χ0) is 16.3. The smallest absolute Gasteiger partial charge is 0.323 e. The van der Waals surface area contributed by atoms with Crippen LogP contribution in [-0.2, 0) is 0 Å². The van der Waals surface area contributed by atoms with Gasteiger partial charge in [-0.25, -0.2) is 4.79 Å². The van der Waals surface area contributed by atoms with Gasteiger partial charge in [-0.1, -0.05) is 29.5 Å². The lowest BCUT2D eigenvalue weighted by molar-refractivity contribution is 0.201. The molecular formula is C17H23N3OS. The van der Waals surface area contributed by atoms with E-state index in [1.165, 1.54) is 26.3 Å². The molecule has 0 saturated heterocycles. The molecule has 2 aromatic rings. The van der Waals surface area contributed by atoms with E-state index in [-0.39, 0.29) is 6.03 Å². The molecule has 0 radical (unpaired) electrons. The van der Waals surface area contributed by atoms with Crippen LogP contribution in [0.25, 0.3) is 0 Å². The van der Waals surface area contributed by atoms with E-state index in [1.807, 2.05) is 19.9 Å². The number of aromatic nitrogens is 2. The maximum absolute atomic E-state index is 12.3. The SMILES string of the molecule is CCN(CC)C(=O)n1ccc(Sc2c(C)cc(C)cc2C)n1. The van der Waals surface area contributed by atoms with Gasteiger partial charge in [0.2, 0.25) is 0 Å². The number of carbonyl (C=O) groups excluding carboxylic acids is 1. The lowest BCUT2D eigenvalue weighted by atomic mass is 10.1. The Labute approximate surface area is 136 Å². The Bertz CT molecular complexity index is 651. The molecule has 0 N–H and O–H groups in total. The van der Waals surface area contributed by atoms with Crippen molar-refractivity contribution in [3.8, 4) is 0 Å². The molecule has 0 spiro atoms. The van der Waals surface area contributed by atoms with E-state index >= 15 is 0 Å². The second-order valence-corrected chi connectivity index (χ2v) is 6.41. The Morgan fingerprint density at radius 1 is 1.18 bits per heavy atom. The van der Waals surface area contributed by atoms with Crippen molar-refractivity contribution in [2.24, 2.45) is 0 Å². The van der Waals surface area contributed by atoms with E-state index in [2.05, 4.69) is 38.0 Å². The molecule has 1 amide bonds. The second-order valence-electron chi connectivity index (χ2n) is 5.38. The molecule has 0 unspecified atom stereocenters. The van der Waals surface area contributed by atoms with Gasteiger partial charge in [-0.3, -0.25) is 0 Å². The van der Waals surface area contributed by atoms with Gasteiger partial charge in [0.05, 0.1) is 0 Å². The summed E-state index contributed by atoms with van der Waals surface area (Å²) in [5.74, 6) is 0. The third-order valence-electron chi connectivity index (χ3n) is 3.61. The van der Waals surface area contributed by atoms with Crippen molar-refractivity contribution in [2.75, 3.05) is 13.1 Å². The van der Waals surface area contributed by atoms with Crippen molar-refractivity contribution >= 4 is 17.8 Å². The first-order valence-electron chi connectivity index (χ1n) is 7.56. The van der Waals surface area contributed by atoms with Crippen molar-refractivity contribution < 1.29 is 4.79 Å². The third kappa shape index (κ3) is 3.53. The molecular weight excluding hydrogens is 294 g/mol. The molecule has 0 aliphatic heterocycles. The minimum atomic E-state index is -0.0748. The largest absolute Gasteiger partial charge is 0.344 e. The molecule has 1 aromatic carbocycles. The summed E-state index contributed by atoms with van der Waals surface area (Å²) in [6.45, 7) is 11.6. The number of hydrogen-bond donors (Lipinski definition) is 0. The third-order valence-corrected chi connectivity index (χ3v) is 4.88. The molecule has 0 aliphatic rings. The number of aryl methyl sites for hydroxylation is 3. The summed E-state index contributed by atoms with van der Waals surface area (Å²) in [5, 5.41) is 5.26. The van der Waals surface area contributed by atoms with Crippen LogP contribution in [0.3, 0.4) is 0 Å². The maximum Gasteiger partial charge on any atom is 0.344 e. The van der Waals surface area contributed by atoms with Gasteiger partial charge in [-0.05, 0) is 51.8 Å². The normalized spacial score (nSPS) is 10.8. The highest BCUT2D eigenvalue weighted by atomic mass is 32.2. The van der Waals surface area contributed by atoms with Crippen LogP contribution < -0.4 is 0 Å². The number of rotatable bonds is 4. The van der Waals surface area contributed by atoms with Gasteiger partial charge >= 0.3 is 6.03 Å². The minimum Gasteiger partial charge on any atom is -0.323 e. The van der Waals surface area contributed by atoms with Gasteiger partial charge in [0.1, 0.15) is 5.03 Å². The van der Waals surface area contributed by atoms with E-state index in [9.17, 15) is 4.79 Å². The highest BCUT2D eigenvalue weighted by Gasteiger charge is 2.14. The standard InChI is InChI=1S/C17H23N3OS/c1-6-19(7-2)17(21)20-9-8-15(18-20)22-16-13(4)10-12(3)11-14(16)5/h8-11H,6-7H2,1-5H3. The van der Waals surface area contributed by atoms with Crippen molar-refractivity contribution in [1.29, 1.82) is 0 Å². The zero-order valence-electron chi connectivity index (χ0n) is 13.9. The van der Waals surface area contributed by atoms with Crippen LogP contribution in [0.4, 0.5) is 4.79 Å². The minimum absolute atomic E-state index is 0.0748. The van der Waals surface area contributed by atoms with Crippen molar-refractivity contribution in [1.82, 2.24) is 14.7 Å². The Morgan fingerprint density at radius 3 is 2.32 bits per heavy atom. The molecule has 0 bridgehead atoms. The molecule has 0 fully saturated rings. The van der Waals surface area contributed by atoms with Crippen LogP contribution in [0.15, 0.2) is 34.3 Å². The highest BCUT2D eigenvalue weighted by Crippen LogP contribution is 2.32. The quantitative estimate of drug-likeness (QED) is 0.845. The van der Waals surface area contributed by atoms with Crippen LogP contribution in [-0.4, -0.2) is 33.8 Å². The fourth-order valence-electron chi connectivity index (χ4n) is 2.54. The predicted octanol–water partition coefficient (Wildman–Crippen LogP) is 4.27. The molecule has 2 rings (SSSR count). The van der Waals surface area contributed by atoms with Crippen LogP contribution in [0, 0.1) is 20.8 Å². The Morgan fingerprint density at radius 2 is 1.77 bits per heavy atom. The van der Waals surface area contributed by atoms with E-state index in [4.69, 9.17) is 0 Å². The summed E-state index contributed by atoms with van der Waals surface area (Å²) in [5.41, 5.74) is 3.75. The fourth-order valence-corrected chi connectivity index (χ4v) is 3.45. The lowest BCUT2D eigenvalue weighted by Crippen LogP contribution is -2.34. The molecule has 118 valence electrons. The molecule has 4 nitrogen and oxygen atoms in total. The Hall–Kier alpha value is -1.75. The van der Waals surface area contributed by atoms with E-state index in [1.54, 1.807) is 22.9 Å². The molecule has 5 heteroatoms. The average molecular weight is 317 g/mol. The molecule has 0 saturated carbocycles. The number of benzene rings is 1. The molecule has 22 heavy (non-hydrogen) atoms. The molecule has 1 aromatic heterocycles. The van der Waals surface area contributed by atoms with E-state index in [0.717, 1.165) is 5.03 Å². The van der Waals surface area contributed by atoms with Gasteiger partial charge < -0.3 is 4.90 Å². The summed E-state index contributed by atoms with van der Waals surface area (Å²) in [6.07, 6.45) is 1.74. The Kier molecular flexibility index (Phi) is 5.29. The first-order valence-corrected chi connectivity index (χ1v) is 8.38. The van der Waals surface area contributed by atoms with Gasteiger partial charge in [0.15, 0.2) is 0 Å². The lowest BCUT2D eigenvalue weighted by Gasteiger charge is -2.17. The highest BCUT2D eigenvalue weighted by molar-refractivity contribution is 7.99. The summed E-state index contributed by atoms with van der Waals surface area (Å²) in [6, 6.07) is 6.17. The van der Waals surface area contributed by atoms with Crippen molar-refractivity contribution in [3.05, 3.63) is 41.1 Å². The van der Waals surface area contributed by atoms with Gasteiger partial charge in [0, 0.05) is 24.2 Å². The van der Waals surface area contributed by atoms with Crippen molar-refractivity contribution in [3.63, 3.8) is 0 Å². The molecule has 0 atom stereocenters. The Balaban J connectivity index is 2.21. The number of amides is 1. The van der Waals surface area contributed by atoms with Crippen LogP contribution >= 0.6 is 11.8 Å². The summed E-state index contributed by atoms with van der Waals surface area (Å²) in [4.78, 5) is 15.2. The van der Waals surface area contributed by atoms with Gasteiger partial charge in [0.25, 0.3) is 0 Å². The fraction of sp³-hybridized carbons (Fsp3) is 0.412. The van der Waals surface area contributed by atoms with Crippen LogP contribution in [0.2, 0.25) is 0 Å². The van der Waals surface area contributed by atoms with E-state index < -0.39 is 0 Å². The average Bonchev–Trinajstić information content (AvgIpc) is 2.92. The number of hydrogen-bond acceptors (Lipinski definition) is 3. The number of carbonyl (C=O) groups is 1. The first kappa shape index (κ1) is 16.6.